The van der Waals surface area contributed by atoms with Crippen molar-refractivity contribution in [2.45, 2.75) is 25.1 Å². The van der Waals surface area contributed by atoms with E-state index in [-0.39, 0.29) is 25.1 Å². The zero-order chi connectivity index (χ0) is 13.7. The third-order valence-electron chi connectivity index (χ3n) is 2.96. The van der Waals surface area contributed by atoms with Crippen molar-refractivity contribution in [2.24, 2.45) is 0 Å². The van der Waals surface area contributed by atoms with Gasteiger partial charge in [-0.15, -0.1) is 12.4 Å². The first-order chi connectivity index (χ1) is 9.15. The Morgan fingerprint density at radius 3 is 2.65 bits per heavy atom. The summed E-state index contributed by atoms with van der Waals surface area (Å²) in [5.41, 5.74) is 0.908. The summed E-state index contributed by atoms with van der Waals surface area (Å²) in [6.45, 7) is 0.645. The van der Waals surface area contributed by atoms with Crippen molar-refractivity contribution in [3.63, 3.8) is 0 Å². The maximum Gasteiger partial charge on any atom is 0.407 e. The van der Waals surface area contributed by atoms with Crippen molar-refractivity contribution in [3.05, 3.63) is 35.9 Å². The zero-order valence-electron chi connectivity index (χ0n) is 10.7. The van der Waals surface area contributed by atoms with Crippen LogP contribution < -0.4 is 10.6 Å². The first-order valence-electron chi connectivity index (χ1n) is 6.08. The molecule has 0 saturated carbocycles. The second-order valence-corrected chi connectivity index (χ2v) is 4.44. The Kier molecular flexibility index (Phi) is 6.27. The monoisotopic (exact) mass is 300 g/mol. The van der Waals surface area contributed by atoms with E-state index < -0.39 is 18.1 Å². The van der Waals surface area contributed by atoms with E-state index in [0.717, 1.165) is 5.56 Å². The van der Waals surface area contributed by atoms with Gasteiger partial charge in [-0.1, -0.05) is 30.3 Å². The van der Waals surface area contributed by atoms with Crippen molar-refractivity contribution < 1.29 is 19.4 Å². The average molecular weight is 301 g/mol. The van der Waals surface area contributed by atoms with E-state index in [9.17, 15) is 9.59 Å². The summed E-state index contributed by atoms with van der Waals surface area (Å²) in [6, 6.07) is 8.56. The predicted molar refractivity (Wildman–Crippen MR) is 74.8 cm³/mol. The molecule has 2 rings (SSSR count). The fraction of sp³-hybridized carbons (Fsp3) is 0.385. The van der Waals surface area contributed by atoms with Crippen LogP contribution in [0, 0.1) is 0 Å². The number of amides is 1. The highest BCUT2D eigenvalue weighted by Gasteiger charge is 2.30. The third kappa shape index (κ3) is 4.71. The Morgan fingerprint density at radius 2 is 2.05 bits per heavy atom. The van der Waals surface area contributed by atoms with Gasteiger partial charge in [-0.05, 0) is 12.0 Å². The van der Waals surface area contributed by atoms with Gasteiger partial charge in [-0.2, -0.15) is 0 Å². The van der Waals surface area contributed by atoms with Crippen LogP contribution in [0.3, 0.4) is 0 Å². The van der Waals surface area contributed by atoms with Gasteiger partial charge in [0, 0.05) is 12.6 Å². The molecular weight excluding hydrogens is 284 g/mol. The van der Waals surface area contributed by atoms with Crippen LogP contribution in [0.1, 0.15) is 12.0 Å². The molecule has 1 heterocycles. The number of hydrogen-bond acceptors (Lipinski definition) is 4. The lowest BCUT2D eigenvalue weighted by molar-refractivity contribution is -0.139. The Bertz CT molecular complexity index is 455. The summed E-state index contributed by atoms with van der Waals surface area (Å²) < 4.78 is 5.06. The number of aliphatic carboxylic acids is 1. The number of carbonyl (C=O) groups is 2. The van der Waals surface area contributed by atoms with Crippen LogP contribution in [0.2, 0.25) is 0 Å². The smallest absolute Gasteiger partial charge is 0.407 e. The topological polar surface area (TPSA) is 87.7 Å². The van der Waals surface area contributed by atoms with Crippen LogP contribution >= 0.6 is 12.4 Å². The number of carboxylic acid groups (broad SMARTS) is 1. The number of benzene rings is 1. The second kappa shape index (κ2) is 7.72. The fourth-order valence-corrected chi connectivity index (χ4v) is 1.97. The van der Waals surface area contributed by atoms with Crippen LogP contribution in [0.5, 0.6) is 0 Å². The Morgan fingerprint density at radius 1 is 1.35 bits per heavy atom. The van der Waals surface area contributed by atoms with E-state index in [0.29, 0.717) is 13.0 Å². The van der Waals surface area contributed by atoms with Gasteiger partial charge >= 0.3 is 12.1 Å². The van der Waals surface area contributed by atoms with Crippen LogP contribution in [-0.4, -0.2) is 35.8 Å². The van der Waals surface area contributed by atoms with Crippen molar-refractivity contribution in [2.75, 3.05) is 6.54 Å². The first-order valence-corrected chi connectivity index (χ1v) is 6.08. The molecule has 110 valence electrons. The molecule has 0 spiro atoms. The van der Waals surface area contributed by atoms with Crippen LogP contribution in [0.25, 0.3) is 0 Å². The highest BCUT2D eigenvalue weighted by Crippen LogP contribution is 2.07. The SMILES string of the molecule is Cl.O=C(NC1CNC(C(=O)O)C1)OCc1ccccc1. The Labute approximate surface area is 122 Å². The molecule has 1 aromatic carbocycles. The van der Waals surface area contributed by atoms with Gasteiger partial charge in [0.2, 0.25) is 0 Å². The van der Waals surface area contributed by atoms with Gasteiger partial charge < -0.3 is 20.5 Å². The zero-order valence-corrected chi connectivity index (χ0v) is 11.6. The van der Waals surface area contributed by atoms with Gasteiger partial charge in [-0.3, -0.25) is 4.79 Å². The van der Waals surface area contributed by atoms with Crippen LogP contribution in [-0.2, 0) is 16.1 Å². The summed E-state index contributed by atoms with van der Waals surface area (Å²) in [5.74, 6) is -0.901. The largest absolute Gasteiger partial charge is 0.480 e. The van der Waals surface area contributed by atoms with E-state index in [1.54, 1.807) is 0 Å². The molecule has 1 aliphatic heterocycles. The maximum absolute atomic E-state index is 11.5. The average Bonchev–Trinajstić information content (AvgIpc) is 2.86. The molecule has 1 fully saturated rings. The summed E-state index contributed by atoms with van der Waals surface area (Å²) in [7, 11) is 0. The maximum atomic E-state index is 11.5. The Hall–Kier alpha value is -1.79. The minimum Gasteiger partial charge on any atom is -0.480 e. The normalized spacial score (nSPS) is 20.8. The molecule has 6 nitrogen and oxygen atoms in total. The number of carbonyl (C=O) groups excluding carboxylic acids is 1. The van der Waals surface area contributed by atoms with E-state index in [2.05, 4.69) is 10.6 Å². The number of nitrogens with one attached hydrogen (secondary N) is 2. The second-order valence-electron chi connectivity index (χ2n) is 4.44. The highest BCUT2D eigenvalue weighted by atomic mass is 35.5. The summed E-state index contributed by atoms with van der Waals surface area (Å²) in [5, 5.41) is 14.3. The highest BCUT2D eigenvalue weighted by molar-refractivity contribution is 5.85. The molecule has 1 aliphatic rings. The van der Waals surface area contributed by atoms with Gasteiger partial charge in [0.25, 0.3) is 0 Å². The van der Waals surface area contributed by atoms with Crippen molar-refractivity contribution in [3.8, 4) is 0 Å². The van der Waals surface area contributed by atoms with E-state index in [1.807, 2.05) is 30.3 Å². The standard InChI is InChI=1S/C13H16N2O4.ClH/c16-12(17)11-6-10(7-14-11)15-13(18)19-8-9-4-2-1-3-5-9;/h1-5,10-11,14H,6-8H2,(H,15,18)(H,16,17);1H. The number of hydrogen-bond donors (Lipinski definition) is 3. The molecule has 0 aromatic heterocycles. The molecule has 0 radical (unpaired) electrons. The van der Waals surface area contributed by atoms with E-state index >= 15 is 0 Å². The summed E-state index contributed by atoms with van der Waals surface area (Å²) >= 11 is 0. The molecule has 20 heavy (non-hydrogen) atoms. The molecule has 0 aliphatic carbocycles. The number of carboxylic acids is 1. The van der Waals surface area contributed by atoms with Crippen LogP contribution in [0.15, 0.2) is 30.3 Å². The van der Waals surface area contributed by atoms with Crippen molar-refractivity contribution >= 4 is 24.5 Å². The molecule has 3 N–H and O–H groups in total. The molecule has 0 bridgehead atoms. The molecule has 2 atom stereocenters. The summed E-state index contributed by atoms with van der Waals surface area (Å²) in [6.07, 6.45) is -0.155. The van der Waals surface area contributed by atoms with Gasteiger partial charge in [0.1, 0.15) is 12.6 Å². The number of alkyl carbamates (subject to hydrolysis) is 1. The molecular formula is C13H17ClN2O4. The number of ether oxygens (including phenoxy) is 1. The minimum absolute atomic E-state index is 0. The lowest BCUT2D eigenvalue weighted by Crippen LogP contribution is -2.36. The first kappa shape index (κ1) is 16.3. The molecule has 2 unspecified atom stereocenters. The number of halogens is 1. The molecule has 7 heteroatoms. The summed E-state index contributed by atoms with van der Waals surface area (Å²) in [4.78, 5) is 22.3. The van der Waals surface area contributed by atoms with Crippen molar-refractivity contribution in [1.29, 1.82) is 0 Å². The van der Waals surface area contributed by atoms with Crippen LogP contribution in [0.4, 0.5) is 4.79 Å². The molecule has 1 amide bonds. The van der Waals surface area contributed by atoms with E-state index in [1.165, 1.54) is 0 Å². The van der Waals surface area contributed by atoms with Crippen molar-refractivity contribution in [1.82, 2.24) is 10.6 Å². The Balaban J connectivity index is 0.00000200. The van der Waals surface area contributed by atoms with Gasteiger partial charge in [0.15, 0.2) is 0 Å². The number of rotatable bonds is 4. The third-order valence-corrected chi connectivity index (χ3v) is 2.96. The lowest BCUT2D eigenvalue weighted by atomic mass is 10.2. The van der Waals surface area contributed by atoms with Gasteiger partial charge in [-0.25, -0.2) is 4.79 Å². The molecule has 1 saturated heterocycles. The quantitative estimate of drug-likeness (QED) is 0.776. The van der Waals surface area contributed by atoms with Gasteiger partial charge in [0.05, 0.1) is 0 Å². The minimum atomic E-state index is -0.901. The van der Waals surface area contributed by atoms with E-state index in [4.69, 9.17) is 9.84 Å². The predicted octanol–water partition coefficient (Wildman–Crippen LogP) is 1.15. The lowest BCUT2D eigenvalue weighted by Gasteiger charge is -2.11. The fourth-order valence-electron chi connectivity index (χ4n) is 1.97. The molecule has 1 aromatic rings.